The van der Waals surface area contributed by atoms with Gasteiger partial charge in [-0.15, -0.1) is 12.4 Å². The normalized spacial score (nSPS) is 30.7. The number of amides is 1. The Hall–Kier alpha value is -0.320. The van der Waals surface area contributed by atoms with Gasteiger partial charge in [-0.05, 0) is 50.6 Å². The van der Waals surface area contributed by atoms with Crippen LogP contribution in [-0.4, -0.2) is 49.7 Å². The largest absolute Gasteiger partial charge is 0.368 e. The van der Waals surface area contributed by atoms with E-state index in [1.807, 2.05) is 4.90 Å². The Balaban J connectivity index is 0.00000147. The lowest BCUT2D eigenvalue weighted by molar-refractivity contribution is -0.138. The first kappa shape index (κ1) is 16.1. The lowest BCUT2D eigenvalue weighted by Gasteiger charge is -2.22. The van der Waals surface area contributed by atoms with E-state index in [1.54, 1.807) is 0 Å². The van der Waals surface area contributed by atoms with Crippen molar-refractivity contribution < 1.29 is 9.53 Å². The molecule has 3 rings (SSSR count). The Morgan fingerprint density at radius 3 is 2.25 bits per heavy atom. The van der Waals surface area contributed by atoms with Crippen LogP contribution < -0.4 is 5.32 Å². The van der Waals surface area contributed by atoms with Crippen molar-refractivity contribution in [3.8, 4) is 0 Å². The second-order valence-corrected chi connectivity index (χ2v) is 6.35. The van der Waals surface area contributed by atoms with E-state index in [-0.39, 0.29) is 18.3 Å². The number of rotatable bonds is 3. The van der Waals surface area contributed by atoms with Crippen molar-refractivity contribution in [2.24, 2.45) is 11.8 Å². The molecule has 2 saturated heterocycles. The van der Waals surface area contributed by atoms with E-state index >= 15 is 0 Å². The van der Waals surface area contributed by atoms with Gasteiger partial charge < -0.3 is 15.0 Å². The molecule has 116 valence electrons. The van der Waals surface area contributed by atoms with E-state index < -0.39 is 0 Å². The summed E-state index contributed by atoms with van der Waals surface area (Å²) in [6.07, 6.45) is 7.48. The Morgan fingerprint density at radius 2 is 1.65 bits per heavy atom. The first-order valence-corrected chi connectivity index (χ1v) is 7.93. The van der Waals surface area contributed by atoms with Crippen molar-refractivity contribution in [1.29, 1.82) is 0 Å². The zero-order chi connectivity index (χ0) is 13.1. The molecule has 20 heavy (non-hydrogen) atoms. The van der Waals surface area contributed by atoms with Crippen LogP contribution in [0.4, 0.5) is 0 Å². The van der Waals surface area contributed by atoms with Gasteiger partial charge in [0.2, 0.25) is 5.91 Å². The molecule has 0 aromatic carbocycles. The van der Waals surface area contributed by atoms with Gasteiger partial charge in [0.15, 0.2) is 0 Å². The lowest BCUT2D eigenvalue weighted by atomic mass is 9.92. The molecule has 0 spiro atoms. The molecule has 2 heterocycles. The van der Waals surface area contributed by atoms with E-state index in [4.69, 9.17) is 4.74 Å². The number of likely N-dealkylation sites (tertiary alicyclic amines) is 1. The zero-order valence-corrected chi connectivity index (χ0v) is 13.0. The molecule has 2 aliphatic heterocycles. The van der Waals surface area contributed by atoms with Crippen molar-refractivity contribution in [1.82, 2.24) is 10.2 Å². The van der Waals surface area contributed by atoms with Crippen LogP contribution in [0.3, 0.4) is 0 Å². The number of nitrogens with one attached hydrogen (secondary N) is 1. The minimum Gasteiger partial charge on any atom is -0.368 e. The highest BCUT2D eigenvalue weighted by Gasteiger charge is 2.31. The molecule has 3 fully saturated rings. The van der Waals surface area contributed by atoms with Gasteiger partial charge in [0, 0.05) is 13.1 Å². The smallest absolute Gasteiger partial charge is 0.248 e. The van der Waals surface area contributed by atoms with Gasteiger partial charge in [0.1, 0.15) is 6.61 Å². The molecule has 1 saturated carbocycles. The summed E-state index contributed by atoms with van der Waals surface area (Å²) in [5.74, 6) is 1.78. The highest BCUT2D eigenvalue weighted by molar-refractivity contribution is 5.85. The predicted molar refractivity (Wildman–Crippen MR) is 81.1 cm³/mol. The molecule has 5 heteroatoms. The monoisotopic (exact) mass is 302 g/mol. The average Bonchev–Trinajstić information content (AvgIpc) is 3.05. The maximum Gasteiger partial charge on any atom is 0.248 e. The number of carbonyl (C=O) groups excluding carboxylic acids is 1. The van der Waals surface area contributed by atoms with Crippen LogP contribution >= 0.6 is 12.4 Å². The fourth-order valence-electron chi connectivity index (χ4n) is 3.80. The van der Waals surface area contributed by atoms with Crippen molar-refractivity contribution in [3.05, 3.63) is 0 Å². The third-order valence-corrected chi connectivity index (χ3v) is 5.12. The fourth-order valence-corrected chi connectivity index (χ4v) is 3.80. The highest BCUT2D eigenvalue weighted by Crippen LogP contribution is 2.27. The van der Waals surface area contributed by atoms with Crippen molar-refractivity contribution in [2.45, 2.75) is 44.6 Å². The van der Waals surface area contributed by atoms with Gasteiger partial charge in [0.05, 0.1) is 6.10 Å². The summed E-state index contributed by atoms with van der Waals surface area (Å²) in [6, 6.07) is 0. The number of nitrogens with zero attached hydrogens (tertiary/aromatic N) is 1. The molecule has 1 amide bonds. The summed E-state index contributed by atoms with van der Waals surface area (Å²) in [5, 5.41) is 3.47. The molecule has 3 aliphatic rings. The first-order chi connectivity index (χ1) is 9.33. The number of hydrogen-bond donors (Lipinski definition) is 1. The molecule has 0 unspecified atom stereocenters. The molecule has 0 radical (unpaired) electrons. The average molecular weight is 303 g/mol. The van der Waals surface area contributed by atoms with Crippen LogP contribution in [0.1, 0.15) is 38.5 Å². The Bertz CT molecular complexity index is 307. The molecule has 1 aliphatic carbocycles. The Morgan fingerprint density at radius 1 is 1.05 bits per heavy atom. The summed E-state index contributed by atoms with van der Waals surface area (Å²) in [6.45, 7) is 4.44. The van der Waals surface area contributed by atoms with Crippen molar-refractivity contribution in [2.75, 3.05) is 32.8 Å². The molecule has 4 nitrogen and oxygen atoms in total. The zero-order valence-electron chi connectivity index (χ0n) is 12.2. The predicted octanol–water partition coefficient (Wildman–Crippen LogP) is 1.83. The summed E-state index contributed by atoms with van der Waals surface area (Å²) >= 11 is 0. The summed E-state index contributed by atoms with van der Waals surface area (Å²) in [7, 11) is 0. The highest BCUT2D eigenvalue weighted by atomic mass is 35.5. The second kappa shape index (κ2) is 7.62. The molecular formula is C15H27ClN2O2. The first-order valence-electron chi connectivity index (χ1n) is 7.93. The number of halogens is 1. The van der Waals surface area contributed by atoms with Crippen molar-refractivity contribution in [3.63, 3.8) is 0 Å². The maximum atomic E-state index is 12.2. The topological polar surface area (TPSA) is 41.6 Å². The molecular weight excluding hydrogens is 276 g/mol. The second-order valence-electron chi connectivity index (χ2n) is 6.35. The van der Waals surface area contributed by atoms with Crippen LogP contribution in [0.2, 0.25) is 0 Å². The molecule has 1 N–H and O–H groups in total. The minimum atomic E-state index is 0. The van der Waals surface area contributed by atoms with Gasteiger partial charge >= 0.3 is 0 Å². The van der Waals surface area contributed by atoms with E-state index in [1.165, 1.54) is 12.8 Å². The SMILES string of the molecule is Cl.O=C(COC1CCCC1)N1CC[C@@H]2CNC[C@@H]2CC1. The van der Waals surface area contributed by atoms with E-state index in [0.29, 0.717) is 12.7 Å². The van der Waals surface area contributed by atoms with Crippen LogP contribution in [0, 0.1) is 11.8 Å². The third-order valence-electron chi connectivity index (χ3n) is 5.12. The molecule has 0 bridgehead atoms. The van der Waals surface area contributed by atoms with E-state index in [9.17, 15) is 4.79 Å². The summed E-state index contributed by atoms with van der Waals surface area (Å²) in [5.41, 5.74) is 0. The Kier molecular flexibility index (Phi) is 6.12. The number of ether oxygens (including phenoxy) is 1. The summed E-state index contributed by atoms with van der Waals surface area (Å²) in [4.78, 5) is 14.2. The number of hydrogen-bond acceptors (Lipinski definition) is 3. The minimum absolute atomic E-state index is 0. The quantitative estimate of drug-likeness (QED) is 0.865. The van der Waals surface area contributed by atoms with Crippen LogP contribution in [0.15, 0.2) is 0 Å². The molecule has 2 atom stereocenters. The number of fused-ring (bicyclic) bond motifs is 1. The van der Waals surface area contributed by atoms with Gasteiger partial charge in [-0.1, -0.05) is 12.8 Å². The molecule has 0 aromatic rings. The van der Waals surface area contributed by atoms with Gasteiger partial charge in [0.25, 0.3) is 0 Å². The van der Waals surface area contributed by atoms with Crippen LogP contribution in [0.5, 0.6) is 0 Å². The van der Waals surface area contributed by atoms with Crippen LogP contribution in [0.25, 0.3) is 0 Å². The van der Waals surface area contributed by atoms with E-state index in [0.717, 1.165) is 63.7 Å². The maximum absolute atomic E-state index is 12.2. The van der Waals surface area contributed by atoms with Crippen LogP contribution in [-0.2, 0) is 9.53 Å². The fraction of sp³-hybridized carbons (Fsp3) is 0.933. The van der Waals surface area contributed by atoms with Gasteiger partial charge in [-0.25, -0.2) is 0 Å². The lowest BCUT2D eigenvalue weighted by Crippen LogP contribution is -2.36. The summed E-state index contributed by atoms with van der Waals surface area (Å²) < 4.78 is 5.75. The van der Waals surface area contributed by atoms with Crippen molar-refractivity contribution >= 4 is 18.3 Å². The third kappa shape index (κ3) is 3.86. The number of carbonyl (C=O) groups is 1. The Labute approximate surface area is 128 Å². The van der Waals surface area contributed by atoms with Gasteiger partial charge in [-0.3, -0.25) is 4.79 Å². The standard InChI is InChI=1S/C15H26N2O2.ClH/c18-15(11-19-14-3-1-2-4-14)17-7-5-12-9-16-10-13(12)6-8-17;/h12-14,16H,1-11H2;1H/t12-,13+;. The van der Waals surface area contributed by atoms with Gasteiger partial charge in [-0.2, -0.15) is 0 Å². The molecule has 0 aromatic heterocycles. The van der Waals surface area contributed by atoms with E-state index in [2.05, 4.69) is 5.32 Å².